The maximum absolute atomic E-state index is 11.6. The lowest BCUT2D eigenvalue weighted by Gasteiger charge is -2.12. The number of thioether (sulfide) groups is 1. The molecule has 0 fully saturated rings. The third-order valence-electron chi connectivity index (χ3n) is 3.18. The Morgan fingerprint density at radius 2 is 1.95 bits per heavy atom. The van der Waals surface area contributed by atoms with Crippen molar-refractivity contribution < 1.29 is 9.53 Å². The summed E-state index contributed by atoms with van der Waals surface area (Å²) in [7, 11) is 1.26. The molecule has 0 aliphatic carbocycles. The number of methoxy groups -OCH3 is 1. The monoisotopic (exact) mass is 314 g/mol. The summed E-state index contributed by atoms with van der Waals surface area (Å²) in [5, 5.41) is 7.90. The lowest BCUT2D eigenvalue weighted by atomic mass is 10.0. The first-order valence-corrected chi connectivity index (χ1v) is 7.75. The second kappa shape index (κ2) is 7.13. The number of carbonyl (C=O) groups excluding carboxylic acids is 1. The minimum absolute atomic E-state index is 0.217. The predicted octanol–water partition coefficient (Wildman–Crippen LogP) is 3.41. The number of nitrogen functional groups attached to an aromatic ring is 1. The standard InChI is InChI=1S/C17H18N2O2S/c1-11-8-13(16(19)17(20)21-2)15(18)14(9-11)22-10-12-6-4-3-5-7-12/h3-9,19H,10,18H2,1-2H3. The number of rotatable bonds is 5. The summed E-state index contributed by atoms with van der Waals surface area (Å²) in [4.78, 5) is 12.4. The van der Waals surface area contributed by atoms with Crippen molar-refractivity contribution in [2.45, 2.75) is 17.6 Å². The SMILES string of the molecule is COC(=O)C(=N)c1cc(C)cc(SCc2ccccc2)c1N. The molecule has 0 amide bonds. The van der Waals surface area contributed by atoms with Gasteiger partial charge in [0.2, 0.25) is 0 Å². The smallest absolute Gasteiger partial charge is 0.356 e. The fraction of sp³-hybridized carbons (Fsp3) is 0.176. The van der Waals surface area contributed by atoms with Gasteiger partial charge in [-0.1, -0.05) is 30.3 Å². The van der Waals surface area contributed by atoms with E-state index in [1.807, 2.05) is 31.2 Å². The molecule has 4 nitrogen and oxygen atoms in total. The van der Waals surface area contributed by atoms with Crippen molar-refractivity contribution in [1.29, 1.82) is 5.41 Å². The lowest BCUT2D eigenvalue weighted by molar-refractivity contribution is -0.132. The van der Waals surface area contributed by atoms with Crippen LogP contribution in [0.1, 0.15) is 16.7 Å². The van der Waals surface area contributed by atoms with Gasteiger partial charge in [-0.15, -0.1) is 11.8 Å². The summed E-state index contributed by atoms with van der Waals surface area (Å²) >= 11 is 1.59. The summed E-state index contributed by atoms with van der Waals surface area (Å²) in [6.07, 6.45) is 0. The van der Waals surface area contributed by atoms with E-state index in [-0.39, 0.29) is 5.71 Å². The highest BCUT2D eigenvalue weighted by atomic mass is 32.2. The Bertz CT molecular complexity index is 699. The molecule has 2 aromatic carbocycles. The van der Waals surface area contributed by atoms with Gasteiger partial charge in [0.05, 0.1) is 12.8 Å². The van der Waals surface area contributed by atoms with E-state index < -0.39 is 5.97 Å². The van der Waals surface area contributed by atoms with Gasteiger partial charge in [-0.3, -0.25) is 5.41 Å². The first-order chi connectivity index (χ1) is 10.5. The second-order valence-corrected chi connectivity index (χ2v) is 5.88. The Morgan fingerprint density at radius 3 is 2.59 bits per heavy atom. The van der Waals surface area contributed by atoms with E-state index in [0.29, 0.717) is 11.3 Å². The number of nitrogens with two attached hydrogens (primary N) is 1. The Morgan fingerprint density at radius 1 is 1.27 bits per heavy atom. The number of nitrogens with one attached hydrogen (secondary N) is 1. The topological polar surface area (TPSA) is 76.2 Å². The Labute approximate surface area is 134 Å². The van der Waals surface area contributed by atoms with Gasteiger partial charge in [-0.2, -0.15) is 0 Å². The van der Waals surface area contributed by atoms with Crippen LogP contribution in [0.2, 0.25) is 0 Å². The molecule has 114 valence electrons. The number of benzene rings is 2. The number of hydrogen-bond donors (Lipinski definition) is 2. The average molecular weight is 314 g/mol. The molecule has 0 aliphatic heterocycles. The van der Waals surface area contributed by atoms with Crippen LogP contribution in [0.3, 0.4) is 0 Å². The van der Waals surface area contributed by atoms with Crippen LogP contribution in [0.4, 0.5) is 5.69 Å². The number of aryl methyl sites for hydroxylation is 1. The Balaban J connectivity index is 2.27. The lowest BCUT2D eigenvalue weighted by Crippen LogP contribution is -2.18. The second-order valence-electron chi connectivity index (χ2n) is 4.87. The van der Waals surface area contributed by atoms with Crippen LogP contribution >= 0.6 is 11.8 Å². The molecule has 22 heavy (non-hydrogen) atoms. The molecule has 0 unspecified atom stereocenters. The van der Waals surface area contributed by atoms with Crippen LogP contribution in [0, 0.1) is 12.3 Å². The van der Waals surface area contributed by atoms with Crippen molar-refractivity contribution in [2.24, 2.45) is 0 Å². The third-order valence-corrected chi connectivity index (χ3v) is 4.31. The molecule has 0 atom stereocenters. The van der Waals surface area contributed by atoms with Crippen LogP contribution < -0.4 is 5.73 Å². The first kappa shape index (κ1) is 16.1. The molecular formula is C17H18N2O2S. The zero-order valence-corrected chi connectivity index (χ0v) is 13.4. The number of anilines is 1. The summed E-state index contributed by atoms with van der Waals surface area (Å²) in [5.41, 5.74) is 8.93. The number of esters is 1. The van der Waals surface area contributed by atoms with Crippen molar-refractivity contribution in [3.8, 4) is 0 Å². The molecular weight excluding hydrogens is 296 g/mol. The molecule has 2 aromatic rings. The van der Waals surface area contributed by atoms with Crippen LogP contribution in [0.15, 0.2) is 47.4 Å². The van der Waals surface area contributed by atoms with Crippen molar-refractivity contribution in [3.63, 3.8) is 0 Å². The van der Waals surface area contributed by atoms with Crippen molar-refractivity contribution in [1.82, 2.24) is 0 Å². The molecule has 0 bridgehead atoms. The van der Waals surface area contributed by atoms with E-state index >= 15 is 0 Å². The predicted molar refractivity (Wildman–Crippen MR) is 90.4 cm³/mol. The van der Waals surface area contributed by atoms with Crippen LogP contribution in [0.25, 0.3) is 0 Å². The molecule has 0 saturated heterocycles. The summed E-state index contributed by atoms with van der Waals surface area (Å²) in [6.45, 7) is 1.92. The number of hydrogen-bond acceptors (Lipinski definition) is 5. The minimum atomic E-state index is -0.684. The minimum Gasteiger partial charge on any atom is -0.464 e. The van der Waals surface area contributed by atoms with Crippen molar-refractivity contribution in [2.75, 3.05) is 12.8 Å². The highest BCUT2D eigenvalue weighted by Crippen LogP contribution is 2.32. The van der Waals surface area contributed by atoms with Crippen LogP contribution in [0.5, 0.6) is 0 Å². The number of ether oxygens (including phenoxy) is 1. The Hall–Kier alpha value is -2.27. The van der Waals surface area contributed by atoms with Crippen LogP contribution in [-0.4, -0.2) is 18.8 Å². The molecule has 0 aromatic heterocycles. The van der Waals surface area contributed by atoms with Gasteiger partial charge in [-0.25, -0.2) is 4.79 Å². The van der Waals surface area contributed by atoms with E-state index in [0.717, 1.165) is 16.2 Å². The molecule has 3 N–H and O–H groups in total. The molecule has 0 saturated carbocycles. The quantitative estimate of drug-likeness (QED) is 0.384. The summed E-state index contributed by atoms with van der Waals surface area (Å²) in [5.74, 6) is 0.0933. The summed E-state index contributed by atoms with van der Waals surface area (Å²) < 4.78 is 4.60. The molecule has 0 heterocycles. The number of carbonyl (C=O) groups is 1. The molecule has 0 radical (unpaired) electrons. The van der Waals surface area contributed by atoms with Gasteiger partial charge in [-0.05, 0) is 30.2 Å². The normalized spacial score (nSPS) is 10.3. The highest BCUT2D eigenvalue weighted by molar-refractivity contribution is 7.98. The van der Waals surface area contributed by atoms with Gasteiger partial charge in [0.1, 0.15) is 5.71 Å². The fourth-order valence-corrected chi connectivity index (χ4v) is 3.09. The van der Waals surface area contributed by atoms with Crippen LogP contribution in [-0.2, 0) is 15.3 Å². The van der Waals surface area contributed by atoms with Gasteiger partial charge < -0.3 is 10.5 Å². The molecule has 0 aliphatic rings. The first-order valence-electron chi connectivity index (χ1n) is 6.77. The fourth-order valence-electron chi connectivity index (χ4n) is 2.04. The average Bonchev–Trinajstić information content (AvgIpc) is 2.54. The zero-order chi connectivity index (χ0) is 16.1. The van der Waals surface area contributed by atoms with E-state index in [1.54, 1.807) is 17.8 Å². The van der Waals surface area contributed by atoms with E-state index in [9.17, 15) is 4.79 Å². The van der Waals surface area contributed by atoms with E-state index in [1.165, 1.54) is 12.7 Å². The maximum Gasteiger partial charge on any atom is 0.356 e. The zero-order valence-electron chi connectivity index (χ0n) is 12.6. The van der Waals surface area contributed by atoms with Crippen molar-refractivity contribution >= 4 is 29.1 Å². The maximum atomic E-state index is 11.6. The largest absolute Gasteiger partial charge is 0.464 e. The summed E-state index contributed by atoms with van der Waals surface area (Å²) in [6, 6.07) is 13.8. The van der Waals surface area contributed by atoms with E-state index in [2.05, 4.69) is 16.9 Å². The van der Waals surface area contributed by atoms with Gasteiger partial charge in [0.25, 0.3) is 0 Å². The molecule has 2 rings (SSSR count). The molecule has 5 heteroatoms. The highest BCUT2D eigenvalue weighted by Gasteiger charge is 2.18. The van der Waals surface area contributed by atoms with Gasteiger partial charge in [0.15, 0.2) is 0 Å². The van der Waals surface area contributed by atoms with E-state index in [4.69, 9.17) is 11.1 Å². The Kier molecular flexibility index (Phi) is 5.22. The van der Waals surface area contributed by atoms with Crippen molar-refractivity contribution in [3.05, 3.63) is 59.2 Å². The van der Waals surface area contributed by atoms with Gasteiger partial charge in [0, 0.05) is 16.2 Å². The molecule has 0 spiro atoms. The third kappa shape index (κ3) is 3.68. The van der Waals surface area contributed by atoms with Gasteiger partial charge >= 0.3 is 5.97 Å².